The van der Waals surface area contributed by atoms with Crippen LogP contribution in [-0.4, -0.2) is 58.3 Å². The highest BCUT2D eigenvalue weighted by molar-refractivity contribution is 14.0. The minimum Gasteiger partial charge on any atom is -0.461 e. The van der Waals surface area contributed by atoms with E-state index >= 15 is 0 Å². The summed E-state index contributed by atoms with van der Waals surface area (Å²) in [4.78, 5) is 16.2. The largest absolute Gasteiger partial charge is 0.461 e. The molecule has 0 aliphatic carbocycles. The number of piperidine rings is 1. The molecular weight excluding hydrogens is 519 g/mol. The van der Waals surface area contributed by atoms with Crippen molar-refractivity contribution in [2.24, 2.45) is 4.99 Å². The maximum atomic E-state index is 5.33. The van der Waals surface area contributed by atoms with Crippen LogP contribution in [0.1, 0.15) is 31.3 Å². The van der Waals surface area contributed by atoms with Gasteiger partial charge < -0.3 is 20.0 Å². The molecule has 0 aromatic carbocycles. The molecule has 3 N–H and O–H groups in total. The van der Waals surface area contributed by atoms with Crippen molar-refractivity contribution < 1.29 is 4.42 Å². The number of nitrogens with one attached hydrogen (secondary N) is 3. The molecule has 0 amide bonds. The van der Waals surface area contributed by atoms with Gasteiger partial charge in [-0.15, -0.1) is 24.0 Å². The van der Waals surface area contributed by atoms with Crippen molar-refractivity contribution in [1.29, 1.82) is 0 Å². The smallest absolute Gasteiger partial charge is 0.216 e. The van der Waals surface area contributed by atoms with Crippen LogP contribution in [0.25, 0.3) is 11.6 Å². The van der Waals surface area contributed by atoms with Gasteiger partial charge in [0.05, 0.1) is 6.26 Å². The molecule has 1 aliphatic heterocycles. The van der Waals surface area contributed by atoms with Crippen molar-refractivity contribution in [3.8, 4) is 11.6 Å². The van der Waals surface area contributed by atoms with E-state index in [4.69, 9.17) is 9.41 Å². The second-order valence-electron chi connectivity index (χ2n) is 7.64. The number of nitrogens with zero attached hydrogens (tertiary/aromatic N) is 5. The van der Waals surface area contributed by atoms with E-state index in [9.17, 15) is 0 Å². The Kier molecular flexibility index (Phi) is 8.89. The van der Waals surface area contributed by atoms with Crippen molar-refractivity contribution in [3.05, 3.63) is 48.1 Å². The van der Waals surface area contributed by atoms with E-state index in [-0.39, 0.29) is 24.0 Å². The quantitative estimate of drug-likeness (QED) is 0.236. The second kappa shape index (κ2) is 11.8. The number of aromatic amines is 1. The molecule has 0 saturated carbocycles. The van der Waals surface area contributed by atoms with E-state index in [2.05, 4.69) is 54.8 Å². The summed E-state index contributed by atoms with van der Waals surface area (Å²) in [6.45, 7) is 7.53. The summed E-state index contributed by atoms with van der Waals surface area (Å²) in [6, 6.07) is 10.3. The Morgan fingerprint density at radius 2 is 2.06 bits per heavy atom. The van der Waals surface area contributed by atoms with Gasteiger partial charge in [0.2, 0.25) is 5.82 Å². The Labute approximate surface area is 205 Å². The standard InChI is InChI=1S/C22H30N8O.HI/c1-3-23-22(24-12-9-19-27-21(29-28-19)18-7-5-15-31-18)26-17-10-13-30(14-11-17)20-8-4-6-16(2)25-20;/h4-8,15,17H,3,9-14H2,1-2H3,(H2,23,24,26)(H,27,28,29);1H. The Bertz CT molecular complexity index is 979. The monoisotopic (exact) mass is 550 g/mol. The second-order valence-corrected chi connectivity index (χ2v) is 7.64. The Balaban J connectivity index is 0.00000289. The van der Waals surface area contributed by atoms with Crippen molar-refractivity contribution in [2.45, 2.75) is 39.2 Å². The highest BCUT2D eigenvalue weighted by Gasteiger charge is 2.21. The summed E-state index contributed by atoms with van der Waals surface area (Å²) in [5.74, 6) is 3.95. The third kappa shape index (κ3) is 6.44. The first kappa shape index (κ1) is 24.0. The molecule has 172 valence electrons. The Hall–Kier alpha value is -2.63. The SMILES string of the molecule is CCNC(=NCCc1nc(-c2ccco2)n[nH]1)NC1CCN(c2cccc(C)n2)CC1.I. The topological polar surface area (TPSA) is 107 Å². The lowest BCUT2D eigenvalue weighted by molar-refractivity contribution is 0.459. The van der Waals surface area contributed by atoms with E-state index in [1.165, 1.54) is 0 Å². The minimum atomic E-state index is 0. The molecule has 10 heteroatoms. The molecule has 0 unspecified atom stereocenters. The molecule has 0 atom stereocenters. The van der Waals surface area contributed by atoms with Crippen LogP contribution in [0.3, 0.4) is 0 Å². The maximum absolute atomic E-state index is 5.33. The summed E-state index contributed by atoms with van der Waals surface area (Å²) in [7, 11) is 0. The summed E-state index contributed by atoms with van der Waals surface area (Å²) in [6.07, 6.45) is 4.40. The summed E-state index contributed by atoms with van der Waals surface area (Å²) < 4.78 is 5.33. The average Bonchev–Trinajstić information content (AvgIpc) is 3.46. The van der Waals surface area contributed by atoms with Crippen LogP contribution in [0, 0.1) is 6.92 Å². The van der Waals surface area contributed by atoms with Gasteiger partial charge in [0.15, 0.2) is 11.7 Å². The van der Waals surface area contributed by atoms with E-state index in [0.29, 0.717) is 30.6 Å². The number of H-pyrrole nitrogens is 1. The zero-order chi connectivity index (χ0) is 21.5. The number of halogens is 1. The number of rotatable bonds is 7. The fourth-order valence-electron chi connectivity index (χ4n) is 3.67. The third-order valence-corrected chi connectivity index (χ3v) is 5.27. The number of aliphatic imine (C=N–C) groups is 1. The van der Waals surface area contributed by atoms with Gasteiger partial charge in [0.1, 0.15) is 11.6 Å². The lowest BCUT2D eigenvalue weighted by Crippen LogP contribution is -2.49. The van der Waals surface area contributed by atoms with Crippen molar-refractivity contribution in [2.75, 3.05) is 31.1 Å². The first-order chi connectivity index (χ1) is 15.2. The fourth-order valence-corrected chi connectivity index (χ4v) is 3.67. The normalized spacial score (nSPS) is 14.8. The Morgan fingerprint density at radius 3 is 2.78 bits per heavy atom. The molecule has 1 aliphatic rings. The van der Waals surface area contributed by atoms with Crippen molar-refractivity contribution in [1.82, 2.24) is 30.8 Å². The summed E-state index contributed by atoms with van der Waals surface area (Å²) in [5.41, 5.74) is 1.06. The zero-order valence-electron chi connectivity index (χ0n) is 18.5. The maximum Gasteiger partial charge on any atom is 0.216 e. The molecular formula is C22H31IN8O. The van der Waals surface area contributed by atoms with E-state index < -0.39 is 0 Å². The van der Waals surface area contributed by atoms with Crippen molar-refractivity contribution >= 4 is 35.8 Å². The van der Waals surface area contributed by atoms with Gasteiger partial charge in [-0.3, -0.25) is 10.1 Å². The van der Waals surface area contributed by atoms with E-state index in [1.54, 1.807) is 6.26 Å². The number of anilines is 1. The molecule has 1 fully saturated rings. The van der Waals surface area contributed by atoms with Crippen LogP contribution in [0.4, 0.5) is 5.82 Å². The number of guanidine groups is 1. The lowest BCUT2D eigenvalue weighted by Gasteiger charge is -2.34. The van der Waals surface area contributed by atoms with E-state index in [0.717, 1.165) is 55.8 Å². The number of pyridine rings is 1. The Morgan fingerprint density at radius 1 is 1.22 bits per heavy atom. The van der Waals surface area contributed by atoms with Gasteiger partial charge in [-0.25, -0.2) is 9.97 Å². The van der Waals surface area contributed by atoms with Crippen LogP contribution in [0.2, 0.25) is 0 Å². The molecule has 3 aromatic heterocycles. The molecule has 0 bridgehead atoms. The first-order valence-corrected chi connectivity index (χ1v) is 10.9. The summed E-state index contributed by atoms with van der Waals surface area (Å²) in [5, 5.41) is 14.1. The van der Waals surface area contributed by atoms with Crippen LogP contribution in [0.15, 0.2) is 46.0 Å². The number of furan rings is 1. The molecule has 4 heterocycles. The van der Waals surface area contributed by atoms with Crippen LogP contribution >= 0.6 is 24.0 Å². The molecule has 32 heavy (non-hydrogen) atoms. The highest BCUT2D eigenvalue weighted by atomic mass is 127. The van der Waals surface area contributed by atoms with E-state index in [1.807, 2.05) is 25.1 Å². The highest BCUT2D eigenvalue weighted by Crippen LogP contribution is 2.18. The average molecular weight is 550 g/mol. The number of hydrogen-bond acceptors (Lipinski definition) is 6. The van der Waals surface area contributed by atoms with Gasteiger partial charge >= 0.3 is 0 Å². The van der Waals surface area contributed by atoms with Gasteiger partial charge in [0, 0.05) is 44.3 Å². The predicted octanol–water partition coefficient (Wildman–Crippen LogP) is 3.15. The number of hydrogen-bond donors (Lipinski definition) is 3. The van der Waals surface area contributed by atoms with Crippen LogP contribution < -0.4 is 15.5 Å². The predicted molar refractivity (Wildman–Crippen MR) is 137 cm³/mol. The molecule has 3 aromatic rings. The lowest BCUT2D eigenvalue weighted by atomic mass is 10.1. The van der Waals surface area contributed by atoms with Crippen LogP contribution in [0.5, 0.6) is 0 Å². The summed E-state index contributed by atoms with van der Waals surface area (Å²) >= 11 is 0. The molecule has 0 spiro atoms. The number of aromatic nitrogens is 4. The van der Waals surface area contributed by atoms with Gasteiger partial charge in [-0.05, 0) is 51.0 Å². The molecule has 9 nitrogen and oxygen atoms in total. The molecule has 0 radical (unpaired) electrons. The van der Waals surface area contributed by atoms with Gasteiger partial charge in [-0.2, -0.15) is 5.10 Å². The van der Waals surface area contributed by atoms with Gasteiger partial charge in [0.25, 0.3) is 0 Å². The van der Waals surface area contributed by atoms with Crippen LogP contribution in [-0.2, 0) is 6.42 Å². The molecule has 4 rings (SSSR count). The van der Waals surface area contributed by atoms with Crippen molar-refractivity contribution in [3.63, 3.8) is 0 Å². The zero-order valence-corrected chi connectivity index (χ0v) is 20.9. The number of aryl methyl sites for hydroxylation is 1. The first-order valence-electron chi connectivity index (χ1n) is 10.9. The fraction of sp³-hybridized carbons (Fsp3) is 0.455. The molecule has 1 saturated heterocycles. The van der Waals surface area contributed by atoms with Gasteiger partial charge in [-0.1, -0.05) is 6.07 Å². The minimum absolute atomic E-state index is 0. The third-order valence-electron chi connectivity index (χ3n) is 5.27.